The van der Waals surface area contributed by atoms with E-state index in [1.54, 1.807) is 0 Å². The molecule has 0 saturated heterocycles. The van der Waals surface area contributed by atoms with Gasteiger partial charge in [0.1, 0.15) is 5.82 Å². The molecule has 3 heteroatoms. The van der Waals surface area contributed by atoms with Crippen molar-refractivity contribution < 1.29 is 0 Å². The molecule has 0 aliphatic heterocycles. The van der Waals surface area contributed by atoms with E-state index in [1.165, 1.54) is 50.8 Å². The highest BCUT2D eigenvalue weighted by Gasteiger charge is 2.23. The summed E-state index contributed by atoms with van der Waals surface area (Å²) in [5, 5.41) is 3.72. The number of nitrogens with one attached hydrogen (secondary N) is 1. The lowest BCUT2D eigenvalue weighted by Crippen LogP contribution is -2.30. The predicted molar refractivity (Wildman–Crippen MR) is 80.4 cm³/mol. The van der Waals surface area contributed by atoms with Gasteiger partial charge in [-0.25, -0.2) is 4.98 Å². The first-order chi connectivity index (χ1) is 9.35. The first kappa shape index (κ1) is 14.6. The van der Waals surface area contributed by atoms with Gasteiger partial charge >= 0.3 is 0 Å². The quantitative estimate of drug-likeness (QED) is 0.793. The van der Waals surface area contributed by atoms with Crippen LogP contribution in [-0.4, -0.2) is 22.1 Å². The summed E-state index contributed by atoms with van der Waals surface area (Å²) in [6.07, 6.45) is 13.2. The summed E-state index contributed by atoms with van der Waals surface area (Å²) in [5.74, 6) is 1.98. The van der Waals surface area contributed by atoms with Crippen LogP contribution in [0.1, 0.15) is 70.5 Å². The third kappa shape index (κ3) is 4.07. The summed E-state index contributed by atoms with van der Waals surface area (Å²) in [5.41, 5.74) is 0. The molecule has 1 aliphatic carbocycles. The average Bonchev–Trinajstić information content (AvgIpc) is 2.75. The summed E-state index contributed by atoms with van der Waals surface area (Å²) < 4.78 is 2.37. The molecule has 1 saturated carbocycles. The van der Waals surface area contributed by atoms with Crippen LogP contribution in [0.5, 0.6) is 0 Å². The molecule has 3 nitrogen and oxygen atoms in total. The van der Waals surface area contributed by atoms with E-state index in [0.717, 1.165) is 13.1 Å². The van der Waals surface area contributed by atoms with Gasteiger partial charge in [0.05, 0.1) is 0 Å². The molecule has 19 heavy (non-hydrogen) atoms. The van der Waals surface area contributed by atoms with E-state index in [-0.39, 0.29) is 0 Å². The van der Waals surface area contributed by atoms with Gasteiger partial charge < -0.3 is 9.88 Å². The van der Waals surface area contributed by atoms with E-state index >= 15 is 0 Å². The Bertz CT molecular complexity index is 359. The number of nitrogens with zero attached hydrogens (tertiary/aromatic N) is 2. The highest BCUT2D eigenvalue weighted by Crippen LogP contribution is 2.31. The van der Waals surface area contributed by atoms with Crippen molar-refractivity contribution in [3.8, 4) is 0 Å². The van der Waals surface area contributed by atoms with E-state index in [2.05, 4.69) is 34.9 Å². The summed E-state index contributed by atoms with van der Waals surface area (Å²) in [6.45, 7) is 6.75. The van der Waals surface area contributed by atoms with Crippen LogP contribution in [-0.2, 0) is 6.54 Å². The second-order valence-corrected chi connectivity index (χ2v) is 5.85. The van der Waals surface area contributed by atoms with Gasteiger partial charge in [0, 0.05) is 30.9 Å². The van der Waals surface area contributed by atoms with Crippen LogP contribution in [0.2, 0.25) is 0 Å². The van der Waals surface area contributed by atoms with Crippen LogP contribution in [0.15, 0.2) is 12.4 Å². The smallest absolute Gasteiger partial charge is 0.111 e. The maximum atomic E-state index is 4.65. The van der Waals surface area contributed by atoms with Crippen LogP contribution in [0.4, 0.5) is 0 Å². The van der Waals surface area contributed by atoms with E-state index < -0.39 is 0 Å². The van der Waals surface area contributed by atoms with E-state index in [0.29, 0.717) is 12.0 Å². The Morgan fingerprint density at radius 2 is 2.11 bits per heavy atom. The van der Waals surface area contributed by atoms with E-state index in [9.17, 15) is 0 Å². The third-order valence-electron chi connectivity index (χ3n) is 4.18. The Hall–Kier alpha value is -0.830. The van der Waals surface area contributed by atoms with Crippen molar-refractivity contribution in [2.45, 2.75) is 77.3 Å². The lowest BCUT2D eigenvalue weighted by Gasteiger charge is -2.21. The van der Waals surface area contributed by atoms with Crippen LogP contribution in [0.25, 0.3) is 0 Å². The SMILES string of the molecule is CCCNC1CCCCC(c2nccn2CCC)C1. The Labute approximate surface area is 117 Å². The first-order valence-corrected chi connectivity index (χ1v) is 8.09. The highest BCUT2D eigenvalue weighted by atomic mass is 15.1. The Kier molecular flexibility index (Phi) is 5.90. The monoisotopic (exact) mass is 263 g/mol. The Morgan fingerprint density at radius 1 is 1.26 bits per heavy atom. The molecule has 1 aromatic heterocycles. The van der Waals surface area contributed by atoms with Crippen LogP contribution in [0, 0.1) is 0 Å². The number of rotatable bonds is 6. The minimum atomic E-state index is 0.651. The summed E-state index contributed by atoms with van der Waals surface area (Å²) in [7, 11) is 0. The summed E-state index contributed by atoms with van der Waals surface area (Å²) in [4.78, 5) is 4.65. The van der Waals surface area contributed by atoms with Gasteiger partial charge in [-0.3, -0.25) is 0 Å². The molecular formula is C16H29N3. The Morgan fingerprint density at radius 3 is 2.89 bits per heavy atom. The molecule has 1 N–H and O–H groups in total. The molecule has 1 fully saturated rings. The first-order valence-electron chi connectivity index (χ1n) is 8.09. The molecule has 0 spiro atoms. The molecule has 0 aromatic carbocycles. The third-order valence-corrected chi connectivity index (χ3v) is 4.18. The molecule has 0 radical (unpaired) electrons. The van der Waals surface area contributed by atoms with Gasteiger partial charge in [-0.15, -0.1) is 0 Å². The zero-order chi connectivity index (χ0) is 13.5. The van der Waals surface area contributed by atoms with Crippen LogP contribution < -0.4 is 5.32 Å². The van der Waals surface area contributed by atoms with Gasteiger partial charge in [-0.05, 0) is 38.6 Å². The van der Waals surface area contributed by atoms with Gasteiger partial charge in [0.15, 0.2) is 0 Å². The number of imidazole rings is 1. The topological polar surface area (TPSA) is 29.9 Å². The predicted octanol–water partition coefficient (Wildman–Crippen LogP) is 3.71. The molecule has 0 amide bonds. The summed E-state index contributed by atoms with van der Waals surface area (Å²) >= 11 is 0. The van der Waals surface area contributed by atoms with Crippen molar-refractivity contribution in [1.29, 1.82) is 0 Å². The van der Waals surface area contributed by atoms with Gasteiger partial charge in [0.25, 0.3) is 0 Å². The standard InChI is InChI=1S/C16H29N3/c1-3-9-17-15-8-6-5-7-14(13-15)16-18-10-12-19(16)11-4-2/h10,12,14-15,17H,3-9,11,13H2,1-2H3. The lowest BCUT2D eigenvalue weighted by atomic mass is 9.97. The van der Waals surface area contributed by atoms with Crippen LogP contribution in [0.3, 0.4) is 0 Å². The van der Waals surface area contributed by atoms with Crippen molar-refractivity contribution in [2.75, 3.05) is 6.54 Å². The fourth-order valence-corrected chi connectivity index (χ4v) is 3.24. The maximum absolute atomic E-state index is 4.65. The van der Waals surface area contributed by atoms with E-state index in [1.807, 2.05) is 6.20 Å². The van der Waals surface area contributed by atoms with Crippen molar-refractivity contribution in [3.05, 3.63) is 18.2 Å². The Balaban J connectivity index is 2.02. The number of aryl methyl sites for hydroxylation is 1. The summed E-state index contributed by atoms with van der Waals surface area (Å²) in [6, 6.07) is 0.694. The molecule has 108 valence electrons. The van der Waals surface area contributed by atoms with Crippen molar-refractivity contribution in [2.24, 2.45) is 0 Å². The fraction of sp³-hybridized carbons (Fsp3) is 0.812. The molecule has 2 atom stereocenters. The zero-order valence-corrected chi connectivity index (χ0v) is 12.6. The molecule has 0 bridgehead atoms. The lowest BCUT2D eigenvalue weighted by molar-refractivity contribution is 0.424. The normalized spacial score (nSPS) is 24.3. The van der Waals surface area contributed by atoms with Crippen molar-refractivity contribution >= 4 is 0 Å². The minimum absolute atomic E-state index is 0.651. The molecule has 1 aliphatic rings. The van der Waals surface area contributed by atoms with Crippen LogP contribution >= 0.6 is 0 Å². The maximum Gasteiger partial charge on any atom is 0.111 e. The fourth-order valence-electron chi connectivity index (χ4n) is 3.24. The molecule has 2 unspecified atom stereocenters. The molecule has 1 heterocycles. The molecule has 1 aromatic rings. The largest absolute Gasteiger partial charge is 0.335 e. The van der Waals surface area contributed by atoms with E-state index in [4.69, 9.17) is 0 Å². The number of aromatic nitrogens is 2. The average molecular weight is 263 g/mol. The van der Waals surface area contributed by atoms with Gasteiger partial charge in [-0.2, -0.15) is 0 Å². The number of hydrogen-bond donors (Lipinski definition) is 1. The second kappa shape index (κ2) is 7.68. The van der Waals surface area contributed by atoms with Crippen molar-refractivity contribution in [1.82, 2.24) is 14.9 Å². The minimum Gasteiger partial charge on any atom is -0.335 e. The van der Waals surface area contributed by atoms with Crippen molar-refractivity contribution in [3.63, 3.8) is 0 Å². The van der Waals surface area contributed by atoms with Gasteiger partial charge in [-0.1, -0.05) is 26.7 Å². The molecule has 2 rings (SSSR count). The molecular weight excluding hydrogens is 234 g/mol. The number of hydrogen-bond acceptors (Lipinski definition) is 2. The second-order valence-electron chi connectivity index (χ2n) is 5.85. The highest BCUT2D eigenvalue weighted by molar-refractivity contribution is 5.02. The van der Waals surface area contributed by atoms with Gasteiger partial charge in [0.2, 0.25) is 0 Å². The zero-order valence-electron chi connectivity index (χ0n) is 12.6.